The van der Waals surface area contributed by atoms with Gasteiger partial charge in [-0.2, -0.15) is 0 Å². The lowest BCUT2D eigenvalue weighted by atomic mass is 9.68. The van der Waals surface area contributed by atoms with E-state index in [1.807, 2.05) is 7.05 Å². The summed E-state index contributed by atoms with van der Waals surface area (Å²) in [5, 5.41) is 2.98. The molecule has 2 atom stereocenters. The monoisotopic (exact) mass is 226 g/mol. The second-order valence-electron chi connectivity index (χ2n) is 5.72. The van der Waals surface area contributed by atoms with Crippen LogP contribution in [0, 0.1) is 5.41 Å². The first-order valence-electron chi connectivity index (χ1n) is 5.76. The molecule has 0 aromatic heterocycles. The van der Waals surface area contributed by atoms with Gasteiger partial charge in [-0.05, 0) is 38.6 Å². The number of ether oxygens (including phenoxy) is 1. The fourth-order valence-electron chi connectivity index (χ4n) is 2.89. The fourth-order valence-corrected chi connectivity index (χ4v) is 2.89. The van der Waals surface area contributed by atoms with Gasteiger partial charge in [-0.25, -0.2) is 9.79 Å². The highest BCUT2D eigenvalue weighted by atomic mass is 16.5. The van der Waals surface area contributed by atoms with Gasteiger partial charge in [-0.3, -0.25) is 5.32 Å². The van der Waals surface area contributed by atoms with E-state index in [-0.39, 0.29) is 17.1 Å². The van der Waals surface area contributed by atoms with Gasteiger partial charge in [0.05, 0.1) is 18.4 Å². The molecule has 1 fully saturated rings. The molecule has 0 amide bonds. The third kappa shape index (κ3) is 3.71. The predicted octanol–water partition coefficient (Wildman–Crippen LogP) is 1.85. The van der Waals surface area contributed by atoms with Crippen molar-refractivity contribution in [2.45, 2.75) is 51.7 Å². The number of nitrogens with zero attached hydrogens (tertiary/aromatic N) is 1. The molecule has 4 nitrogen and oxygen atoms in total. The van der Waals surface area contributed by atoms with Gasteiger partial charge in [0.1, 0.15) is 0 Å². The average Bonchev–Trinajstić information content (AvgIpc) is 2.12. The number of isocyanates is 1. The van der Waals surface area contributed by atoms with Crippen LogP contribution in [0.1, 0.15) is 40.0 Å². The van der Waals surface area contributed by atoms with E-state index in [4.69, 9.17) is 4.74 Å². The molecule has 0 radical (unpaired) electrons. The Hall–Kier alpha value is -0.700. The highest BCUT2D eigenvalue weighted by Gasteiger charge is 2.42. The Bertz CT molecular complexity index is 285. The smallest absolute Gasteiger partial charge is 0.235 e. The number of hydrogen-bond acceptors (Lipinski definition) is 4. The molecular formula is C12H22N2O2. The van der Waals surface area contributed by atoms with Crippen LogP contribution in [-0.4, -0.2) is 31.5 Å². The molecule has 16 heavy (non-hydrogen) atoms. The Labute approximate surface area is 97.5 Å². The van der Waals surface area contributed by atoms with Gasteiger partial charge in [0.25, 0.3) is 0 Å². The van der Waals surface area contributed by atoms with E-state index in [0.717, 1.165) is 19.3 Å². The van der Waals surface area contributed by atoms with Crippen LogP contribution in [0.4, 0.5) is 0 Å². The second-order valence-corrected chi connectivity index (χ2v) is 5.72. The lowest BCUT2D eigenvalue weighted by molar-refractivity contribution is -0.0942. The zero-order valence-electron chi connectivity index (χ0n) is 10.7. The van der Waals surface area contributed by atoms with E-state index in [9.17, 15) is 4.79 Å². The Morgan fingerprint density at radius 1 is 1.44 bits per heavy atom. The zero-order valence-corrected chi connectivity index (χ0v) is 10.7. The van der Waals surface area contributed by atoms with Crippen molar-refractivity contribution in [2.75, 3.05) is 13.8 Å². The van der Waals surface area contributed by atoms with Crippen LogP contribution in [0.15, 0.2) is 4.99 Å². The summed E-state index contributed by atoms with van der Waals surface area (Å²) in [5.41, 5.74) is -0.0401. The Kier molecular flexibility index (Phi) is 4.25. The van der Waals surface area contributed by atoms with Gasteiger partial charge in [0, 0.05) is 0 Å². The molecule has 0 bridgehead atoms. The van der Waals surface area contributed by atoms with Crippen molar-refractivity contribution in [2.24, 2.45) is 10.4 Å². The molecule has 0 spiro atoms. The normalized spacial score (nSPS) is 33.1. The SMILES string of the molecule is CNCOC1(C)CC(N=C=O)CC(C)(C)C1. The van der Waals surface area contributed by atoms with Crippen LogP contribution < -0.4 is 5.32 Å². The molecule has 0 aromatic rings. The van der Waals surface area contributed by atoms with Crippen molar-refractivity contribution in [3.05, 3.63) is 0 Å². The quantitative estimate of drug-likeness (QED) is 0.452. The maximum absolute atomic E-state index is 10.4. The second kappa shape index (κ2) is 5.09. The van der Waals surface area contributed by atoms with E-state index in [1.165, 1.54) is 0 Å². The van der Waals surface area contributed by atoms with Gasteiger partial charge in [-0.15, -0.1) is 0 Å². The first kappa shape index (κ1) is 13.4. The first-order chi connectivity index (χ1) is 7.41. The van der Waals surface area contributed by atoms with E-state index in [2.05, 4.69) is 31.1 Å². The maximum Gasteiger partial charge on any atom is 0.235 e. The summed E-state index contributed by atoms with van der Waals surface area (Å²) < 4.78 is 5.83. The van der Waals surface area contributed by atoms with Crippen molar-refractivity contribution >= 4 is 6.08 Å². The topological polar surface area (TPSA) is 50.7 Å². The summed E-state index contributed by atoms with van der Waals surface area (Å²) in [6.07, 6.45) is 4.40. The van der Waals surface area contributed by atoms with Crippen LogP contribution >= 0.6 is 0 Å². The first-order valence-corrected chi connectivity index (χ1v) is 5.76. The van der Waals surface area contributed by atoms with E-state index >= 15 is 0 Å². The lowest BCUT2D eigenvalue weighted by Crippen LogP contribution is -2.45. The molecule has 0 aliphatic heterocycles. The molecule has 1 N–H and O–H groups in total. The Balaban J connectivity index is 2.74. The molecular weight excluding hydrogens is 204 g/mol. The maximum atomic E-state index is 10.4. The van der Waals surface area contributed by atoms with Crippen LogP contribution in [-0.2, 0) is 9.53 Å². The molecule has 1 rings (SSSR count). The fraction of sp³-hybridized carbons (Fsp3) is 0.917. The number of hydrogen-bond donors (Lipinski definition) is 1. The zero-order chi connectivity index (χ0) is 12.2. The number of carbonyl (C=O) groups excluding carboxylic acids is 1. The minimum absolute atomic E-state index is 0.0445. The van der Waals surface area contributed by atoms with Crippen molar-refractivity contribution in [3.63, 3.8) is 0 Å². The number of aliphatic imine (C=N–C) groups is 1. The summed E-state index contributed by atoms with van der Waals surface area (Å²) in [6, 6.07) is 0.0445. The molecule has 4 heteroatoms. The summed E-state index contributed by atoms with van der Waals surface area (Å²) in [4.78, 5) is 14.2. The van der Waals surface area contributed by atoms with Crippen molar-refractivity contribution in [3.8, 4) is 0 Å². The van der Waals surface area contributed by atoms with Crippen LogP contribution in [0.2, 0.25) is 0 Å². The van der Waals surface area contributed by atoms with E-state index < -0.39 is 0 Å². The van der Waals surface area contributed by atoms with Gasteiger partial charge in [0.2, 0.25) is 6.08 Å². The van der Waals surface area contributed by atoms with E-state index in [0.29, 0.717) is 6.73 Å². The minimum atomic E-state index is -0.199. The summed E-state index contributed by atoms with van der Waals surface area (Å²) in [5.74, 6) is 0. The minimum Gasteiger partial charge on any atom is -0.360 e. The van der Waals surface area contributed by atoms with E-state index in [1.54, 1.807) is 6.08 Å². The molecule has 0 saturated heterocycles. The summed E-state index contributed by atoms with van der Waals surface area (Å²) in [6.45, 7) is 7.02. The highest BCUT2D eigenvalue weighted by molar-refractivity contribution is 5.33. The average molecular weight is 226 g/mol. The molecule has 2 unspecified atom stereocenters. The molecule has 1 aliphatic rings. The standard InChI is InChI=1S/C12H22N2O2/c1-11(2)5-10(14-8-15)6-12(3,7-11)16-9-13-4/h10,13H,5-7,9H2,1-4H3. The summed E-state index contributed by atoms with van der Waals surface area (Å²) in [7, 11) is 1.86. The highest BCUT2D eigenvalue weighted by Crippen LogP contribution is 2.43. The Morgan fingerprint density at radius 3 is 2.69 bits per heavy atom. The third-order valence-corrected chi connectivity index (χ3v) is 3.11. The number of nitrogens with one attached hydrogen (secondary N) is 1. The molecule has 0 heterocycles. The third-order valence-electron chi connectivity index (χ3n) is 3.11. The van der Waals surface area contributed by atoms with Crippen molar-refractivity contribution < 1.29 is 9.53 Å². The van der Waals surface area contributed by atoms with Gasteiger partial charge in [-0.1, -0.05) is 13.8 Å². The summed E-state index contributed by atoms with van der Waals surface area (Å²) >= 11 is 0. The van der Waals surface area contributed by atoms with Crippen LogP contribution in [0.5, 0.6) is 0 Å². The molecule has 0 aromatic carbocycles. The van der Waals surface area contributed by atoms with Gasteiger partial charge < -0.3 is 4.74 Å². The van der Waals surface area contributed by atoms with Crippen LogP contribution in [0.3, 0.4) is 0 Å². The predicted molar refractivity (Wildman–Crippen MR) is 63.0 cm³/mol. The molecule has 1 saturated carbocycles. The largest absolute Gasteiger partial charge is 0.360 e. The van der Waals surface area contributed by atoms with Gasteiger partial charge >= 0.3 is 0 Å². The van der Waals surface area contributed by atoms with Gasteiger partial charge in [0.15, 0.2) is 0 Å². The van der Waals surface area contributed by atoms with Crippen molar-refractivity contribution in [1.29, 1.82) is 0 Å². The lowest BCUT2D eigenvalue weighted by Gasteiger charge is -2.44. The molecule has 92 valence electrons. The molecule has 1 aliphatic carbocycles. The number of rotatable bonds is 4. The van der Waals surface area contributed by atoms with Crippen LogP contribution in [0.25, 0.3) is 0 Å². The van der Waals surface area contributed by atoms with Crippen molar-refractivity contribution in [1.82, 2.24) is 5.32 Å². The Morgan fingerprint density at radius 2 is 2.12 bits per heavy atom.